The van der Waals surface area contributed by atoms with Gasteiger partial charge in [0.15, 0.2) is 17.4 Å². The maximum absolute atomic E-state index is 14.5. The van der Waals surface area contributed by atoms with Gasteiger partial charge in [-0.05, 0) is 48.2 Å². The number of carbonyl (C=O) groups is 3. The van der Waals surface area contributed by atoms with Gasteiger partial charge in [0.2, 0.25) is 6.10 Å². The van der Waals surface area contributed by atoms with Gasteiger partial charge in [-0.25, -0.2) is 4.79 Å². The molecule has 0 fully saturated rings. The van der Waals surface area contributed by atoms with Crippen molar-refractivity contribution in [1.29, 1.82) is 0 Å². The number of amides is 1. The SMILES string of the molecule is COC(=O)[C@H](OC1=C(C(=O)c2ccc(C(C)C)cc2)[C@@H](c2ccc(OC(F)(F)F)cc2)N(c2ccc(C)nn2)C1=O)c1ccccc1. The maximum atomic E-state index is 14.5. The number of benzene rings is 3. The molecule has 47 heavy (non-hydrogen) atoms. The van der Waals surface area contributed by atoms with Crippen LogP contribution in [0.15, 0.2) is 102 Å². The predicted molar refractivity (Wildman–Crippen MR) is 164 cm³/mol. The molecule has 0 spiro atoms. The first-order valence-electron chi connectivity index (χ1n) is 14.6. The van der Waals surface area contributed by atoms with Gasteiger partial charge < -0.3 is 14.2 Å². The summed E-state index contributed by atoms with van der Waals surface area (Å²) in [5, 5.41) is 8.23. The largest absolute Gasteiger partial charge is 0.573 e. The molecule has 4 aromatic rings. The van der Waals surface area contributed by atoms with Crippen molar-refractivity contribution < 1.29 is 41.8 Å². The second-order valence-corrected chi connectivity index (χ2v) is 11.0. The summed E-state index contributed by atoms with van der Waals surface area (Å²) in [6.45, 7) is 5.70. The van der Waals surface area contributed by atoms with Crippen molar-refractivity contribution in [2.24, 2.45) is 0 Å². The summed E-state index contributed by atoms with van der Waals surface area (Å²) in [4.78, 5) is 43.1. The number of ether oxygens (including phenoxy) is 3. The number of nitrogens with zero attached hydrogens (tertiary/aromatic N) is 3. The number of carbonyl (C=O) groups excluding carboxylic acids is 3. The summed E-state index contributed by atoms with van der Waals surface area (Å²) < 4.78 is 54.1. The zero-order valence-electron chi connectivity index (χ0n) is 25.8. The lowest BCUT2D eigenvalue weighted by Gasteiger charge is -2.26. The van der Waals surface area contributed by atoms with Crippen molar-refractivity contribution in [2.45, 2.75) is 45.2 Å². The number of aryl methyl sites for hydroxylation is 1. The van der Waals surface area contributed by atoms with Crippen LogP contribution in [0.3, 0.4) is 0 Å². The van der Waals surface area contributed by atoms with Crippen molar-refractivity contribution in [1.82, 2.24) is 10.2 Å². The molecule has 2 heterocycles. The Morgan fingerprint density at radius 1 is 0.851 bits per heavy atom. The van der Waals surface area contributed by atoms with Crippen LogP contribution in [-0.2, 0) is 19.1 Å². The zero-order chi connectivity index (χ0) is 33.9. The number of rotatable bonds is 10. The molecule has 1 amide bonds. The van der Waals surface area contributed by atoms with E-state index >= 15 is 0 Å². The van der Waals surface area contributed by atoms with E-state index in [-0.39, 0.29) is 28.4 Å². The molecule has 5 rings (SSSR count). The van der Waals surface area contributed by atoms with E-state index in [9.17, 15) is 27.6 Å². The normalized spacial score (nSPS) is 15.5. The molecule has 0 saturated carbocycles. The minimum absolute atomic E-state index is 0.0367. The molecule has 12 heteroatoms. The maximum Gasteiger partial charge on any atom is 0.573 e. The summed E-state index contributed by atoms with van der Waals surface area (Å²) >= 11 is 0. The predicted octanol–water partition coefficient (Wildman–Crippen LogP) is 6.96. The van der Waals surface area contributed by atoms with Gasteiger partial charge >= 0.3 is 12.3 Å². The molecular weight excluding hydrogens is 615 g/mol. The Balaban J connectivity index is 1.72. The van der Waals surface area contributed by atoms with E-state index < -0.39 is 47.7 Å². The van der Waals surface area contributed by atoms with Crippen molar-refractivity contribution in [3.05, 3.63) is 130 Å². The number of alkyl halides is 3. The van der Waals surface area contributed by atoms with Gasteiger partial charge in [0, 0.05) is 11.1 Å². The van der Waals surface area contributed by atoms with Crippen LogP contribution in [0.1, 0.15) is 64.7 Å². The number of Topliss-reactive ketones (excluding diaryl/α,β-unsaturated/α-hetero) is 1. The minimum Gasteiger partial charge on any atom is -0.468 e. The number of esters is 1. The van der Waals surface area contributed by atoms with Gasteiger partial charge in [0.1, 0.15) is 5.75 Å². The van der Waals surface area contributed by atoms with Crippen LogP contribution < -0.4 is 9.64 Å². The highest BCUT2D eigenvalue weighted by molar-refractivity contribution is 6.21. The Kier molecular flexibility index (Phi) is 9.41. The van der Waals surface area contributed by atoms with Crippen molar-refractivity contribution in [2.75, 3.05) is 12.0 Å². The monoisotopic (exact) mass is 645 g/mol. The first-order valence-corrected chi connectivity index (χ1v) is 14.6. The number of halogens is 3. The lowest BCUT2D eigenvalue weighted by atomic mass is 9.91. The fourth-order valence-electron chi connectivity index (χ4n) is 5.14. The van der Waals surface area contributed by atoms with E-state index in [1.165, 1.54) is 18.2 Å². The standard InChI is InChI=1S/C35H30F3N3O6/c1-20(2)22-11-13-24(14-12-22)30(42)28-29(23-15-17-26(18-16-23)47-35(36,37)38)41(27-19-10-21(3)39-40-27)33(43)32(28)46-31(34(44)45-4)25-8-6-5-7-9-25/h5-20,29,31H,1-4H3/t29-,31-/m1/s1. The van der Waals surface area contributed by atoms with E-state index in [1.807, 2.05) is 13.8 Å². The molecule has 1 aliphatic heterocycles. The van der Waals surface area contributed by atoms with Gasteiger partial charge in [-0.2, -0.15) is 5.10 Å². The fraction of sp³-hybridized carbons (Fsp3) is 0.229. The van der Waals surface area contributed by atoms with E-state index in [1.54, 1.807) is 67.6 Å². The first kappa shape index (κ1) is 32.9. The third kappa shape index (κ3) is 7.16. The molecule has 9 nitrogen and oxygen atoms in total. The van der Waals surface area contributed by atoms with E-state index in [0.717, 1.165) is 29.7 Å². The molecular formula is C35H30F3N3O6. The molecule has 1 aliphatic rings. The smallest absolute Gasteiger partial charge is 0.468 e. The van der Waals surface area contributed by atoms with Gasteiger partial charge in [-0.1, -0.05) is 80.6 Å². The highest BCUT2D eigenvalue weighted by Gasteiger charge is 2.48. The zero-order valence-corrected chi connectivity index (χ0v) is 25.8. The first-order chi connectivity index (χ1) is 22.4. The lowest BCUT2D eigenvalue weighted by molar-refractivity contribution is -0.274. The summed E-state index contributed by atoms with van der Waals surface area (Å²) in [5.41, 5.74) is 2.16. The molecule has 3 aromatic carbocycles. The Hall–Kier alpha value is -5.52. The molecule has 0 N–H and O–H groups in total. The molecule has 0 saturated heterocycles. The van der Waals surface area contributed by atoms with Crippen LogP contribution >= 0.6 is 0 Å². The number of methoxy groups -OCH3 is 1. The van der Waals surface area contributed by atoms with E-state index in [0.29, 0.717) is 11.3 Å². The van der Waals surface area contributed by atoms with Crippen molar-refractivity contribution in [3.63, 3.8) is 0 Å². The second-order valence-electron chi connectivity index (χ2n) is 11.0. The average Bonchev–Trinajstić information content (AvgIpc) is 3.34. The summed E-state index contributed by atoms with van der Waals surface area (Å²) in [6, 6.07) is 21.7. The highest BCUT2D eigenvalue weighted by Crippen LogP contribution is 2.44. The molecule has 0 bridgehead atoms. The third-order valence-electron chi connectivity index (χ3n) is 7.49. The molecule has 242 valence electrons. The highest BCUT2D eigenvalue weighted by atomic mass is 19.4. The molecule has 0 unspecified atom stereocenters. The lowest BCUT2D eigenvalue weighted by Crippen LogP contribution is -2.32. The van der Waals surface area contributed by atoms with Crippen LogP contribution in [0, 0.1) is 6.92 Å². The third-order valence-corrected chi connectivity index (χ3v) is 7.49. The summed E-state index contributed by atoms with van der Waals surface area (Å²) in [6.07, 6.45) is -6.38. The molecule has 2 atom stereocenters. The number of hydrogen-bond acceptors (Lipinski definition) is 8. The van der Waals surface area contributed by atoms with Crippen LogP contribution in [0.5, 0.6) is 5.75 Å². The number of aromatic nitrogens is 2. The Bertz CT molecular complexity index is 1790. The van der Waals surface area contributed by atoms with Crippen LogP contribution in [-0.4, -0.2) is 41.3 Å². The van der Waals surface area contributed by atoms with Crippen molar-refractivity contribution >= 4 is 23.5 Å². The number of hydrogen-bond donors (Lipinski definition) is 0. The number of ketones is 1. The summed E-state index contributed by atoms with van der Waals surface area (Å²) in [5.74, 6) is -3.00. The average molecular weight is 646 g/mol. The quantitative estimate of drug-likeness (QED) is 0.135. The summed E-state index contributed by atoms with van der Waals surface area (Å²) in [7, 11) is 1.16. The van der Waals surface area contributed by atoms with Crippen LogP contribution in [0.4, 0.5) is 19.0 Å². The Labute approximate surface area is 268 Å². The second kappa shape index (κ2) is 13.5. The van der Waals surface area contributed by atoms with Gasteiger partial charge in [-0.3, -0.25) is 14.5 Å². The number of anilines is 1. The Morgan fingerprint density at radius 2 is 1.51 bits per heavy atom. The van der Waals surface area contributed by atoms with E-state index in [2.05, 4.69) is 14.9 Å². The van der Waals surface area contributed by atoms with Crippen LogP contribution in [0.25, 0.3) is 0 Å². The van der Waals surface area contributed by atoms with Crippen molar-refractivity contribution in [3.8, 4) is 5.75 Å². The topological polar surface area (TPSA) is 108 Å². The van der Waals surface area contributed by atoms with Crippen LogP contribution in [0.2, 0.25) is 0 Å². The minimum atomic E-state index is -4.93. The van der Waals surface area contributed by atoms with Gasteiger partial charge in [-0.15, -0.1) is 18.3 Å². The molecule has 0 radical (unpaired) electrons. The van der Waals surface area contributed by atoms with Gasteiger partial charge in [0.25, 0.3) is 5.91 Å². The molecule has 0 aliphatic carbocycles. The van der Waals surface area contributed by atoms with E-state index in [4.69, 9.17) is 9.47 Å². The van der Waals surface area contributed by atoms with Gasteiger partial charge in [0.05, 0.1) is 24.4 Å². The Morgan fingerprint density at radius 3 is 2.06 bits per heavy atom. The fourth-order valence-corrected chi connectivity index (χ4v) is 5.14. The molecule has 1 aromatic heterocycles.